The molecule has 0 aromatic heterocycles. The maximum absolute atomic E-state index is 11.9. The lowest BCUT2D eigenvalue weighted by molar-refractivity contribution is -0.128. The molecule has 3 nitrogen and oxygen atoms in total. The fraction of sp³-hybridized carbons (Fsp3) is 0.727. The summed E-state index contributed by atoms with van der Waals surface area (Å²) in [5, 5.41) is 3.41. The highest BCUT2D eigenvalue weighted by Crippen LogP contribution is 2.08. The highest BCUT2D eigenvalue weighted by atomic mass is 16.2. The Morgan fingerprint density at radius 1 is 1.36 bits per heavy atom. The molecule has 0 bridgehead atoms. The Labute approximate surface area is 86.2 Å². The highest BCUT2D eigenvalue weighted by molar-refractivity contribution is 5.92. The van der Waals surface area contributed by atoms with Gasteiger partial charge in [0.25, 0.3) is 0 Å². The summed E-state index contributed by atoms with van der Waals surface area (Å²) in [6, 6.07) is 0.791. The number of rotatable bonds is 1. The largest absolute Gasteiger partial charge is 0.336 e. The van der Waals surface area contributed by atoms with Crippen LogP contribution in [0.4, 0.5) is 0 Å². The average molecular weight is 196 g/mol. The maximum atomic E-state index is 11.9. The third-order valence-electron chi connectivity index (χ3n) is 2.62. The third-order valence-corrected chi connectivity index (χ3v) is 2.62. The zero-order valence-electron chi connectivity index (χ0n) is 9.50. The Hall–Kier alpha value is -0.830. The number of allylic oxidation sites excluding steroid dienone is 1. The zero-order chi connectivity index (χ0) is 10.7. The monoisotopic (exact) mass is 196 g/mol. The molecular weight excluding hydrogens is 176 g/mol. The van der Waals surface area contributed by atoms with Crippen LogP contribution in [0.5, 0.6) is 0 Å². The van der Waals surface area contributed by atoms with Crippen molar-refractivity contribution in [2.24, 2.45) is 0 Å². The van der Waals surface area contributed by atoms with Gasteiger partial charge in [-0.3, -0.25) is 4.79 Å². The number of nitrogens with zero attached hydrogens (tertiary/aromatic N) is 1. The number of hydrogen-bond donors (Lipinski definition) is 1. The van der Waals surface area contributed by atoms with E-state index < -0.39 is 0 Å². The first-order valence-electron chi connectivity index (χ1n) is 5.22. The van der Waals surface area contributed by atoms with Crippen molar-refractivity contribution in [3.8, 4) is 0 Å². The van der Waals surface area contributed by atoms with Crippen molar-refractivity contribution in [3.63, 3.8) is 0 Å². The van der Waals surface area contributed by atoms with E-state index in [2.05, 4.69) is 19.2 Å². The van der Waals surface area contributed by atoms with Gasteiger partial charge in [-0.05, 0) is 27.7 Å². The number of hydrogen-bond acceptors (Lipinski definition) is 2. The summed E-state index contributed by atoms with van der Waals surface area (Å²) in [4.78, 5) is 13.8. The van der Waals surface area contributed by atoms with E-state index in [0.717, 1.165) is 18.7 Å². The van der Waals surface area contributed by atoms with Crippen LogP contribution >= 0.6 is 0 Å². The van der Waals surface area contributed by atoms with Crippen LogP contribution in [0.3, 0.4) is 0 Å². The van der Waals surface area contributed by atoms with Crippen LogP contribution < -0.4 is 5.32 Å². The summed E-state index contributed by atoms with van der Waals surface area (Å²) in [6.45, 7) is 9.63. The Balaban J connectivity index is 2.64. The molecule has 2 atom stereocenters. The van der Waals surface area contributed by atoms with E-state index in [1.165, 1.54) is 0 Å². The molecule has 3 heteroatoms. The topological polar surface area (TPSA) is 32.3 Å². The maximum Gasteiger partial charge on any atom is 0.249 e. The molecule has 1 amide bonds. The average Bonchev–Trinajstić information content (AvgIpc) is 2.14. The summed E-state index contributed by atoms with van der Waals surface area (Å²) in [7, 11) is 0. The lowest BCUT2D eigenvalue weighted by atomic mass is 10.1. The van der Waals surface area contributed by atoms with Gasteiger partial charge in [-0.1, -0.05) is 6.08 Å². The van der Waals surface area contributed by atoms with Crippen LogP contribution in [-0.2, 0) is 4.79 Å². The normalized spacial score (nSPS) is 29.1. The van der Waals surface area contributed by atoms with Crippen molar-refractivity contribution >= 4 is 5.91 Å². The quantitative estimate of drug-likeness (QED) is 0.638. The molecule has 1 heterocycles. The first-order chi connectivity index (χ1) is 6.54. The van der Waals surface area contributed by atoms with Gasteiger partial charge in [0.1, 0.15) is 0 Å². The molecule has 80 valence electrons. The van der Waals surface area contributed by atoms with Gasteiger partial charge in [-0.2, -0.15) is 0 Å². The van der Waals surface area contributed by atoms with E-state index in [-0.39, 0.29) is 5.91 Å². The number of carbonyl (C=O) groups excluding carboxylic acids is 1. The summed E-state index contributed by atoms with van der Waals surface area (Å²) >= 11 is 0. The Morgan fingerprint density at radius 2 is 1.86 bits per heavy atom. The predicted molar refractivity (Wildman–Crippen MR) is 58.1 cm³/mol. The SMILES string of the molecule is C/C=C(/C)C(=O)N1CC(C)NC(C)C1. The van der Waals surface area contributed by atoms with E-state index in [1.807, 2.05) is 24.8 Å². The molecule has 0 spiro atoms. The number of carbonyl (C=O) groups is 1. The van der Waals surface area contributed by atoms with Crippen LogP contribution in [0.15, 0.2) is 11.6 Å². The van der Waals surface area contributed by atoms with Gasteiger partial charge >= 0.3 is 0 Å². The van der Waals surface area contributed by atoms with Gasteiger partial charge in [0.05, 0.1) is 0 Å². The minimum atomic E-state index is 0.174. The van der Waals surface area contributed by atoms with Gasteiger partial charge in [-0.25, -0.2) is 0 Å². The van der Waals surface area contributed by atoms with Crippen molar-refractivity contribution in [1.29, 1.82) is 0 Å². The van der Waals surface area contributed by atoms with E-state index in [9.17, 15) is 4.79 Å². The van der Waals surface area contributed by atoms with Crippen LogP contribution in [0.1, 0.15) is 27.7 Å². The first kappa shape index (κ1) is 11.2. The molecular formula is C11H20N2O. The van der Waals surface area contributed by atoms with Crippen LogP contribution in [0.25, 0.3) is 0 Å². The van der Waals surface area contributed by atoms with E-state index in [0.29, 0.717) is 12.1 Å². The molecule has 0 saturated carbocycles. The summed E-state index contributed by atoms with van der Waals surface area (Å²) < 4.78 is 0. The molecule has 1 saturated heterocycles. The zero-order valence-corrected chi connectivity index (χ0v) is 9.50. The number of piperazine rings is 1. The second kappa shape index (κ2) is 4.60. The van der Waals surface area contributed by atoms with Crippen molar-refractivity contribution < 1.29 is 4.79 Å². The number of nitrogens with one attached hydrogen (secondary N) is 1. The molecule has 0 aromatic carbocycles. The first-order valence-corrected chi connectivity index (χ1v) is 5.22. The molecule has 1 aliphatic heterocycles. The smallest absolute Gasteiger partial charge is 0.249 e. The van der Waals surface area contributed by atoms with Gasteiger partial charge in [0.15, 0.2) is 0 Å². The van der Waals surface area contributed by atoms with Crippen molar-refractivity contribution in [2.75, 3.05) is 13.1 Å². The van der Waals surface area contributed by atoms with E-state index in [4.69, 9.17) is 0 Å². The molecule has 1 rings (SSSR count). The van der Waals surface area contributed by atoms with Crippen molar-refractivity contribution in [1.82, 2.24) is 10.2 Å². The van der Waals surface area contributed by atoms with Gasteiger partial charge in [0, 0.05) is 30.7 Å². The molecule has 14 heavy (non-hydrogen) atoms. The van der Waals surface area contributed by atoms with Crippen molar-refractivity contribution in [3.05, 3.63) is 11.6 Å². The minimum absolute atomic E-state index is 0.174. The molecule has 0 radical (unpaired) electrons. The lowest BCUT2D eigenvalue weighted by Gasteiger charge is -2.36. The second-order valence-corrected chi connectivity index (χ2v) is 4.15. The molecule has 2 unspecified atom stereocenters. The van der Waals surface area contributed by atoms with Gasteiger partial charge in [-0.15, -0.1) is 0 Å². The minimum Gasteiger partial charge on any atom is -0.336 e. The van der Waals surface area contributed by atoms with E-state index in [1.54, 1.807) is 0 Å². The fourth-order valence-electron chi connectivity index (χ4n) is 1.87. The standard InChI is InChI=1S/C11H20N2O/c1-5-8(2)11(14)13-6-9(3)12-10(4)7-13/h5,9-10,12H,6-7H2,1-4H3/b8-5-. The summed E-state index contributed by atoms with van der Waals surface area (Å²) in [5.74, 6) is 0.174. The van der Waals surface area contributed by atoms with Crippen LogP contribution in [0, 0.1) is 0 Å². The Bertz CT molecular complexity index is 238. The van der Waals surface area contributed by atoms with Crippen LogP contribution in [-0.4, -0.2) is 36.0 Å². The molecule has 1 fully saturated rings. The van der Waals surface area contributed by atoms with Gasteiger partial charge in [0.2, 0.25) is 5.91 Å². The van der Waals surface area contributed by atoms with Crippen molar-refractivity contribution in [2.45, 2.75) is 39.8 Å². The second-order valence-electron chi connectivity index (χ2n) is 4.15. The fourth-order valence-corrected chi connectivity index (χ4v) is 1.87. The molecule has 0 aliphatic carbocycles. The highest BCUT2D eigenvalue weighted by Gasteiger charge is 2.24. The third kappa shape index (κ3) is 2.58. The van der Waals surface area contributed by atoms with E-state index >= 15 is 0 Å². The Morgan fingerprint density at radius 3 is 2.29 bits per heavy atom. The summed E-state index contributed by atoms with van der Waals surface area (Å²) in [5.41, 5.74) is 0.839. The summed E-state index contributed by atoms with van der Waals surface area (Å²) in [6.07, 6.45) is 1.87. The molecule has 1 aliphatic rings. The lowest BCUT2D eigenvalue weighted by Crippen LogP contribution is -2.56. The molecule has 0 aromatic rings. The Kier molecular flexibility index (Phi) is 3.69. The number of amides is 1. The predicted octanol–water partition coefficient (Wildman–Crippen LogP) is 1.16. The molecule has 1 N–H and O–H groups in total. The van der Waals surface area contributed by atoms with Gasteiger partial charge < -0.3 is 10.2 Å². The van der Waals surface area contributed by atoms with Crippen LogP contribution in [0.2, 0.25) is 0 Å².